The van der Waals surface area contributed by atoms with E-state index in [0.29, 0.717) is 22.3 Å². The molecule has 2 aliphatic rings. The molecule has 0 bridgehead atoms. The Kier molecular flexibility index (Phi) is 4.44. The summed E-state index contributed by atoms with van der Waals surface area (Å²) >= 11 is 1.35. The van der Waals surface area contributed by atoms with Crippen LogP contribution in [-0.2, 0) is 19.1 Å². The molecular weight excluding hydrogens is 328 g/mol. The number of esters is 2. The van der Waals surface area contributed by atoms with Gasteiger partial charge < -0.3 is 9.47 Å². The molecule has 2 heterocycles. The lowest BCUT2D eigenvalue weighted by Gasteiger charge is -2.35. The molecule has 1 aromatic carbocycles. The van der Waals surface area contributed by atoms with Crippen molar-refractivity contribution in [3.05, 3.63) is 58.5 Å². The van der Waals surface area contributed by atoms with Gasteiger partial charge in [-0.3, -0.25) is 9.69 Å². The Hall–Kier alpha value is -2.54. The molecule has 24 heavy (non-hydrogen) atoms. The van der Waals surface area contributed by atoms with E-state index in [1.807, 2.05) is 30.3 Å². The maximum absolute atomic E-state index is 12.4. The first-order chi connectivity index (χ1) is 11.5. The lowest BCUT2D eigenvalue weighted by Crippen LogP contribution is -2.37. The molecule has 0 fully saturated rings. The lowest BCUT2D eigenvalue weighted by atomic mass is 9.95. The van der Waals surface area contributed by atoms with Gasteiger partial charge in [0.05, 0.1) is 24.4 Å². The Bertz CT molecular complexity index is 783. The first kappa shape index (κ1) is 16.3. The van der Waals surface area contributed by atoms with Crippen molar-refractivity contribution < 1.29 is 19.1 Å². The summed E-state index contributed by atoms with van der Waals surface area (Å²) in [5.41, 5.74) is 1.89. The number of amidine groups is 1. The van der Waals surface area contributed by atoms with Gasteiger partial charge in [0.2, 0.25) is 5.88 Å². The van der Waals surface area contributed by atoms with Gasteiger partial charge >= 0.3 is 11.9 Å². The van der Waals surface area contributed by atoms with Crippen molar-refractivity contribution in [3.8, 4) is 0 Å². The van der Waals surface area contributed by atoms with E-state index in [0.717, 1.165) is 5.56 Å². The maximum Gasteiger partial charge on any atom is 0.338 e. The summed E-state index contributed by atoms with van der Waals surface area (Å²) in [6.07, 6.45) is 0. The predicted molar refractivity (Wildman–Crippen MR) is 90.6 cm³/mol. The van der Waals surface area contributed by atoms with Crippen molar-refractivity contribution >= 4 is 28.9 Å². The number of rotatable bonds is 3. The van der Waals surface area contributed by atoms with Crippen LogP contribution in [0.3, 0.4) is 0 Å². The summed E-state index contributed by atoms with van der Waals surface area (Å²) < 4.78 is 10.3. The highest BCUT2D eigenvalue weighted by Crippen LogP contribution is 2.44. The van der Waals surface area contributed by atoms with E-state index in [9.17, 15) is 9.59 Å². The predicted octanol–water partition coefficient (Wildman–Crippen LogP) is 2.96. The van der Waals surface area contributed by atoms with Crippen LogP contribution in [0.4, 0.5) is 0 Å². The van der Waals surface area contributed by atoms with E-state index in [1.165, 1.54) is 25.8 Å². The quantitative estimate of drug-likeness (QED) is 0.785. The minimum absolute atomic E-state index is 0.356. The Morgan fingerprint density at radius 2 is 1.96 bits per heavy atom. The van der Waals surface area contributed by atoms with Gasteiger partial charge in [-0.25, -0.2) is 9.79 Å². The van der Waals surface area contributed by atoms with Crippen LogP contribution in [0, 0.1) is 0 Å². The molecule has 1 aromatic rings. The van der Waals surface area contributed by atoms with Gasteiger partial charge in [0.25, 0.3) is 0 Å². The Balaban J connectivity index is 2.13. The molecule has 1 atom stereocenters. The maximum atomic E-state index is 12.4. The standard InChI is InChI=1S/C17H16N2O4S/c1-10-14(16(21)22-3)15(12-7-5-4-6-8-12)19-13(23-11(2)20)9-24-17(19)18-10/h4-9,15H,1-3H3/t15-/m1/s1. The highest BCUT2D eigenvalue weighted by Gasteiger charge is 2.41. The fraction of sp³-hybridized carbons (Fsp3) is 0.235. The molecule has 0 spiro atoms. The van der Waals surface area contributed by atoms with Crippen molar-refractivity contribution in [3.63, 3.8) is 0 Å². The van der Waals surface area contributed by atoms with E-state index in [-0.39, 0.29) is 0 Å². The van der Waals surface area contributed by atoms with Gasteiger partial charge in [-0.15, -0.1) is 0 Å². The van der Waals surface area contributed by atoms with E-state index < -0.39 is 18.0 Å². The van der Waals surface area contributed by atoms with Gasteiger partial charge in [0.1, 0.15) is 0 Å². The average molecular weight is 344 g/mol. The molecule has 7 heteroatoms. The highest BCUT2D eigenvalue weighted by atomic mass is 32.2. The van der Waals surface area contributed by atoms with Crippen molar-refractivity contribution in [1.29, 1.82) is 0 Å². The Morgan fingerprint density at radius 3 is 2.58 bits per heavy atom. The smallest absolute Gasteiger partial charge is 0.338 e. The Morgan fingerprint density at radius 1 is 1.25 bits per heavy atom. The number of thioether (sulfide) groups is 1. The summed E-state index contributed by atoms with van der Waals surface area (Å²) in [7, 11) is 1.34. The number of methoxy groups -OCH3 is 1. The number of ether oxygens (including phenoxy) is 2. The second kappa shape index (κ2) is 6.52. The first-order valence-electron chi connectivity index (χ1n) is 7.30. The van der Waals surface area contributed by atoms with Crippen LogP contribution in [0.1, 0.15) is 25.5 Å². The largest absolute Gasteiger partial charge is 0.466 e. The molecule has 0 aliphatic carbocycles. The summed E-state index contributed by atoms with van der Waals surface area (Å²) in [5.74, 6) is -0.530. The number of nitrogens with zero attached hydrogens (tertiary/aromatic N) is 2. The third kappa shape index (κ3) is 2.82. The van der Waals surface area contributed by atoms with E-state index in [2.05, 4.69) is 4.99 Å². The summed E-state index contributed by atoms with van der Waals surface area (Å²) in [6.45, 7) is 3.11. The molecule has 6 nitrogen and oxygen atoms in total. The molecule has 124 valence electrons. The molecule has 0 radical (unpaired) electrons. The Labute approximate surface area is 143 Å². The zero-order chi connectivity index (χ0) is 17.3. The van der Waals surface area contributed by atoms with E-state index in [1.54, 1.807) is 17.2 Å². The topological polar surface area (TPSA) is 68.2 Å². The number of fused-ring (bicyclic) bond motifs is 1. The van der Waals surface area contributed by atoms with Gasteiger partial charge in [0.15, 0.2) is 5.17 Å². The highest BCUT2D eigenvalue weighted by molar-refractivity contribution is 8.16. The second-order valence-corrected chi connectivity index (χ2v) is 6.07. The molecule has 0 saturated carbocycles. The number of allylic oxidation sites excluding steroid dienone is 1. The molecule has 0 N–H and O–H groups in total. The number of carbonyl (C=O) groups excluding carboxylic acids is 2. The molecule has 0 aromatic heterocycles. The van der Waals surface area contributed by atoms with Crippen LogP contribution in [0.5, 0.6) is 0 Å². The van der Waals surface area contributed by atoms with Crippen LogP contribution < -0.4 is 0 Å². The van der Waals surface area contributed by atoms with Crippen LogP contribution in [-0.4, -0.2) is 29.1 Å². The van der Waals surface area contributed by atoms with Crippen molar-refractivity contribution in [2.24, 2.45) is 4.99 Å². The third-order valence-electron chi connectivity index (χ3n) is 3.66. The number of benzene rings is 1. The van der Waals surface area contributed by atoms with E-state index in [4.69, 9.17) is 9.47 Å². The van der Waals surface area contributed by atoms with E-state index >= 15 is 0 Å². The van der Waals surface area contributed by atoms with Crippen LogP contribution >= 0.6 is 11.8 Å². The zero-order valence-electron chi connectivity index (χ0n) is 13.5. The number of hydrogen-bond acceptors (Lipinski definition) is 7. The van der Waals surface area contributed by atoms with Gasteiger partial charge in [-0.1, -0.05) is 42.1 Å². The fourth-order valence-electron chi connectivity index (χ4n) is 2.70. The number of carbonyl (C=O) groups is 2. The van der Waals surface area contributed by atoms with Crippen LogP contribution in [0.2, 0.25) is 0 Å². The van der Waals surface area contributed by atoms with Gasteiger partial charge in [-0.2, -0.15) is 0 Å². The minimum Gasteiger partial charge on any atom is -0.466 e. The monoisotopic (exact) mass is 344 g/mol. The number of aliphatic imine (C=N–C) groups is 1. The minimum atomic E-state index is -0.466. The molecule has 2 aliphatic heterocycles. The normalized spacial score (nSPS) is 19.5. The molecule has 0 saturated heterocycles. The third-order valence-corrected chi connectivity index (χ3v) is 4.48. The SMILES string of the molecule is COC(=O)C1=C(C)N=C2SC=C(OC(C)=O)N2[C@@H]1c1ccccc1. The molecule has 0 unspecified atom stereocenters. The van der Waals surface area contributed by atoms with Gasteiger partial charge in [0, 0.05) is 12.3 Å². The van der Waals surface area contributed by atoms with Crippen molar-refractivity contribution in [1.82, 2.24) is 4.90 Å². The average Bonchev–Trinajstić information content (AvgIpc) is 2.95. The fourth-order valence-corrected chi connectivity index (χ4v) is 3.57. The summed E-state index contributed by atoms with van der Waals surface area (Å²) in [4.78, 5) is 30.0. The second-order valence-electron chi connectivity index (χ2n) is 5.24. The first-order valence-corrected chi connectivity index (χ1v) is 8.18. The molecule has 3 rings (SSSR count). The lowest BCUT2D eigenvalue weighted by molar-refractivity contribution is -0.138. The summed E-state index contributed by atoms with van der Waals surface area (Å²) in [5, 5.41) is 2.37. The molecular formula is C17H16N2O4S. The van der Waals surface area contributed by atoms with Crippen molar-refractivity contribution in [2.75, 3.05) is 7.11 Å². The molecule has 0 amide bonds. The van der Waals surface area contributed by atoms with Crippen molar-refractivity contribution in [2.45, 2.75) is 19.9 Å². The zero-order valence-corrected chi connectivity index (χ0v) is 14.3. The van der Waals surface area contributed by atoms with Crippen LogP contribution in [0.15, 0.2) is 57.9 Å². The number of hydrogen-bond donors (Lipinski definition) is 0. The summed E-state index contributed by atoms with van der Waals surface area (Å²) in [6, 6.07) is 9.05. The van der Waals surface area contributed by atoms with Gasteiger partial charge in [-0.05, 0) is 12.5 Å². The van der Waals surface area contributed by atoms with Crippen LogP contribution in [0.25, 0.3) is 0 Å².